The number of benzene rings is 3. The first-order valence-electron chi connectivity index (χ1n) is 13.2. The number of hydrogen-bond donors (Lipinski definition) is 3. The van der Waals surface area contributed by atoms with Gasteiger partial charge in [-0.05, 0) is 48.8 Å². The minimum Gasteiger partial charge on any atom is -0.480 e. The number of esters is 1. The zero-order valence-electron chi connectivity index (χ0n) is 22.0. The van der Waals surface area contributed by atoms with Crippen molar-refractivity contribution in [1.29, 1.82) is 0 Å². The fraction of sp³-hybridized carbons (Fsp3) is 0.323. The van der Waals surface area contributed by atoms with Crippen LogP contribution in [0.1, 0.15) is 42.4 Å². The largest absolute Gasteiger partial charge is 0.480 e. The number of nitrogens with one attached hydrogen (secondary N) is 2. The summed E-state index contributed by atoms with van der Waals surface area (Å²) in [6.45, 7) is 0.659. The van der Waals surface area contributed by atoms with E-state index in [1.807, 2.05) is 91.0 Å². The first-order chi connectivity index (χ1) is 19.0. The number of alkyl carbamates (subject to hydrolysis) is 1. The molecule has 0 saturated carbocycles. The molecular weight excluding hydrogens is 496 g/mol. The van der Waals surface area contributed by atoms with Gasteiger partial charge in [0.25, 0.3) is 0 Å². The highest BCUT2D eigenvalue weighted by Gasteiger charge is 2.27. The van der Waals surface area contributed by atoms with Crippen LogP contribution in [0.5, 0.6) is 0 Å². The summed E-state index contributed by atoms with van der Waals surface area (Å²) in [6.07, 6.45) is 1.88. The maximum atomic E-state index is 13.0. The van der Waals surface area contributed by atoms with Crippen molar-refractivity contribution in [1.82, 2.24) is 10.6 Å². The number of carbonyl (C=O) groups excluding carboxylic acids is 2. The molecule has 8 nitrogen and oxygen atoms in total. The summed E-state index contributed by atoms with van der Waals surface area (Å²) in [5, 5.41) is 15.5. The monoisotopic (exact) mass is 532 g/mol. The lowest BCUT2D eigenvalue weighted by molar-refractivity contribution is -0.149. The number of hydrogen-bond acceptors (Lipinski definition) is 6. The molecule has 3 aromatic carbocycles. The van der Waals surface area contributed by atoms with Gasteiger partial charge < -0.3 is 19.9 Å². The highest BCUT2D eigenvalue weighted by Crippen LogP contribution is 2.11. The average molecular weight is 533 g/mol. The van der Waals surface area contributed by atoms with Crippen LogP contribution in [-0.2, 0) is 38.7 Å². The van der Waals surface area contributed by atoms with Crippen LogP contribution in [0.15, 0.2) is 91.0 Å². The number of aliphatic carboxylic acids is 1. The minimum atomic E-state index is -1.04. The molecule has 0 saturated heterocycles. The van der Waals surface area contributed by atoms with Crippen LogP contribution in [0.3, 0.4) is 0 Å². The van der Waals surface area contributed by atoms with Crippen LogP contribution >= 0.6 is 0 Å². The van der Waals surface area contributed by atoms with Crippen molar-refractivity contribution >= 4 is 18.0 Å². The predicted molar refractivity (Wildman–Crippen MR) is 148 cm³/mol. The Labute approximate surface area is 229 Å². The van der Waals surface area contributed by atoms with E-state index in [2.05, 4.69) is 10.6 Å². The molecule has 0 spiro atoms. The van der Waals surface area contributed by atoms with Crippen LogP contribution in [-0.4, -0.2) is 41.8 Å². The van der Waals surface area contributed by atoms with Gasteiger partial charge in [0, 0.05) is 6.54 Å². The van der Waals surface area contributed by atoms with Gasteiger partial charge >= 0.3 is 18.0 Å². The van der Waals surface area contributed by atoms with Gasteiger partial charge in [-0.15, -0.1) is 0 Å². The molecule has 206 valence electrons. The van der Waals surface area contributed by atoms with Crippen LogP contribution in [0.4, 0.5) is 4.79 Å². The van der Waals surface area contributed by atoms with Crippen LogP contribution in [0, 0.1) is 0 Å². The molecule has 39 heavy (non-hydrogen) atoms. The third kappa shape index (κ3) is 11.4. The zero-order chi connectivity index (χ0) is 27.7. The second-order valence-electron chi connectivity index (χ2n) is 9.21. The van der Waals surface area contributed by atoms with Crippen LogP contribution < -0.4 is 10.6 Å². The van der Waals surface area contributed by atoms with Crippen molar-refractivity contribution in [2.24, 2.45) is 0 Å². The molecule has 0 aromatic heterocycles. The topological polar surface area (TPSA) is 114 Å². The Morgan fingerprint density at radius 3 is 1.77 bits per heavy atom. The van der Waals surface area contributed by atoms with Crippen LogP contribution in [0.2, 0.25) is 0 Å². The number of carbonyl (C=O) groups is 3. The van der Waals surface area contributed by atoms with Crippen molar-refractivity contribution in [2.45, 2.75) is 57.4 Å². The first kappa shape index (κ1) is 29.4. The Kier molecular flexibility index (Phi) is 12.5. The van der Waals surface area contributed by atoms with E-state index in [1.54, 1.807) is 0 Å². The van der Waals surface area contributed by atoms with Crippen molar-refractivity contribution < 1.29 is 29.0 Å². The molecule has 0 heterocycles. The van der Waals surface area contributed by atoms with E-state index >= 15 is 0 Å². The smallest absolute Gasteiger partial charge is 0.407 e. The highest BCUT2D eigenvalue weighted by atomic mass is 16.5. The summed E-state index contributed by atoms with van der Waals surface area (Å²) in [7, 11) is 0. The van der Waals surface area contributed by atoms with Gasteiger partial charge in [-0.3, -0.25) is 14.9 Å². The van der Waals surface area contributed by atoms with Crippen molar-refractivity contribution in [3.05, 3.63) is 108 Å². The van der Waals surface area contributed by atoms with Gasteiger partial charge in [0.05, 0.1) is 0 Å². The number of carboxylic acids is 1. The fourth-order valence-corrected chi connectivity index (χ4v) is 4.01. The van der Waals surface area contributed by atoms with Gasteiger partial charge in [-0.25, -0.2) is 4.79 Å². The fourth-order valence-electron chi connectivity index (χ4n) is 4.01. The summed E-state index contributed by atoms with van der Waals surface area (Å²) < 4.78 is 10.7. The molecule has 8 heteroatoms. The Morgan fingerprint density at radius 1 is 0.667 bits per heavy atom. The van der Waals surface area contributed by atoms with Gasteiger partial charge in [0.15, 0.2) is 0 Å². The van der Waals surface area contributed by atoms with Gasteiger partial charge in [0.2, 0.25) is 0 Å². The third-order valence-corrected chi connectivity index (χ3v) is 6.18. The normalized spacial score (nSPS) is 12.2. The third-order valence-electron chi connectivity index (χ3n) is 6.18. The molecule has 0 aliphatic carbocycles. The molecule has 0 bridgehead atoms. The standard InChI is InChI=1S/C31H36N2O6/c34-29(35)27(18-10-11-21-32-31(37)39-23-26-16-8-3-9-17-26)33-28(20-19-24-12-4-1-5-13-24)30(36)38-22-25-14-6-2-7-15-25/h1-9,12-17,27-28,33H,10-11,18-23H2,(H,32,37)(H,34,35)/t27-,28?/m0/s1. The molecule has 2 atom stereocenters. The average Bonchev–Trinajstić information content (AvgIpc) is 2.97. The van der Waals surface area contributed by atoms with Crippen molar-refractivity contribution in [2.75, 3.05) is 6.54 Å². The molecular formula is C31H36N2O6. The number of rotatable bonds is 16. The molecule has 0 aliphatic rings. The zero-order valence-corrected chi connectivity index (χ0v) is 22.0. The summed E-state index contributed by atoms with van der Waals surface area (Å²) in [4.78, 5) is 36.9. The quantitative estimate of drug-likeness (QED) is 0.178. The molecule has 3 rings (SSSR count). The second-order valence-corrected chi connectivity index (χ2v) is 9.21. The predicted octanol–water partition coefficient (Wildman–Crippen LogP) is 4.87. The van der Waals surface area contributed by atoms with Gasteiger partial charge in [-0.1, -0.05) is 91.0 Å². The van der Waals surface area contributed by atoms with E-state index in [-0.39, 0.29) is 13.2 Å². The first-order valence-corrected chi connectivity index (χ1v) is 13.2. The number of carboxylic acid groups (broad SMARTS) is 1. The van der Waals surface area contributed by atoms with E-state index in [1.165, 1.54) is 0 Å². The summed E-state index contributed by atoms with van der Waals surface area (Å²) in [6, 6.07) is 26.7. The SMILES string of the molecule is O=C(NCCCC[C@H](NC(CCc1ccccc1)C(=O)OCc1ccccc1)C(=O)O)OCc1ccccc1. The Morgan fingerprint density at radius 2 is 1.21 bits per heavy atom. The molecule has 3 aromatic rings. The molecule has 1 unspecified atom stereocenters. The lowest BCUT2D eigenvalue weighted by Crippen LogP contribution is -2.48. The molecule has 3 N–H and O–H groups in total. The number of unbranched alkanes of at least 4 members (excludes halogenated alkanes) is 1. The number of amides is 1. The Balaban J connectivity index is 1.46. The lowest BCUT2D eigenvalue weighted by Gasteiger charge is -2.22. The van der Waals surface area contributed by atoms with Gasteiger partial charge in [0.1, 0.15) is 25.3 Å². The maximum Gasteiger partial charge on any atom is 0.407 e. The summed E-state index contributed by atoms with van der Waals surface area (Å²) in [5.74, 6) is -1.52. The van der Waals surface area contributed by atoms with E-state index in [0.29, 0.717) is 38.6 Å². The van der Waals surface area contributed by atoms with E-state index in [9.17, 15) is 19.5 Å². The van der Waals surface area contributed by atoms with Gasteiger partial charge in [-0.2, -0.15) is 0 Å². The van der Waals surface area contributed by atoms with Crippen LogP contribution in [0.25, 0.3) is 0 Å². The Hall–Kier alpha value is -4.17. The maximum absolute atomic E-state index is 13.0. The Bertz CT molecular complexity index is 1140. The van der Waals surface area contributed by atoms with E-state index < -0.39 is 30.1 Å². The number of aryl methyl sites for hydroxylation is 1. The minimum absolute atomic E-state index is 0.118. The van der Waals surface area contributed by atoms with Crippen molar-refractivity contribution in [3.8, 4) is 0 Å². The summed E-state index contributed by atoms with van der Waals surface area (Å²) in [5.41, 5.74) is 2.81. The second kappa shape index (κ2) is 16.6. The van der Waals surface area contributed by atoms with E-state index in [4.69, 9.17) is 9.47 Å². The molecule has 0 aliphatic heterocycles. The summed E-state index contributed by atoms with van der Waals surface area (Å²) >= 11 is 0. The molecule has 1 amide bonds. The number of ether oxygens (including phenoxy) is 2. The highest BCUT2D eigenvalue weighted by molar-refractivity contribution is 5.78. The van der Waals surface area contributed by atoms with Crippen molar-refractivity contribution in [3.63, 3.8) is 0 Å². The lowest BCUT2D eigenvalue weighted by atomic mass is 10.0. The molecule has 0 fully saturated rings. The van der Waals surface area contributed by atoms with E-state index in [0.717, 1.165) is 16.7 Å². The molecule has 0 radical (unpaired) electrons.